The van der Waals surface area contributed by atoms with Crippen molar-refractivity contribution in [3.8, 4) is 0 Å². The molecule has 112 valence electrons. The standard InChI is InChI=1S/C12H22N6O2/c1-5-6-7-13-10-9(18(19)20)11(15-8-14-10)16-17-12(2,3)4/h8,17H,5-7H2,1-4H3,(H2,13,14,15,16). The summed E-state index contributed by atoms with van der Waals surface area (Å²) >= 11 is 0. The number of nitro groups is 1. The molecule has 0 saturated heterocycles. The van der Waals surface area contributed by atoms with Crippen LogP contribution in [0, 0.1) is 10.1 Å². The third-order valence-corrected chi connectivity index (χ3v) is 2.38. The van der Waals surface area contributed by atoms with E-state index in [-0.39, 0.29) is 22.9 Å². The van der Waals surface area contributed by atoms with E-state index < -0.39 is 4.92 Å². The number of hydrogen-bond acceptors (Lipinski definition) is 7. The quantitative estimate of drug-likeness (QED) is 0.400. The number of anilines is 2. The molecule has 8 nitrogen and oxygen atoms in total. The van der Waals surface area contributed by atoms with Crippen molar-refractivity contribution < 1.29 is 4.92 Å². The molecule has 0 fully saturated rings. The third-order valence-electron chi connectivity index (χ3n) is 2.38. The van der Waals surface area contributed by atoms with Crippen molar-refractivity contribution in [2.24, 2.45) is 0 Å². The summed E-state index contributed by atoms with van der Waals surface area (Å²) in [6.45, 7) is 8.51. The minimum Gasteiger partial charge on any atom is -0.364 e. The van der Waals surface area contributed by atoms with Crippen molar-refractivity contribution in [2.45, 2.75) is 46.1 Å². The molecule has 0 bridgehead atoms. The molecule has 1 rings (SSSR count). The van der Waals surface area contributed by atoms with Crippen LogP contribution in [0.2, 0.25) is 0 Å². The number of unbranched alkanes of at least 4 members (excludes halogenated alkanes) is 1. The smallest absolute Gasteiger partial charge is 0.354 e. The lowest BCUT2D eigenvalue weighted by Crippen LogP contribution is -2.40. The Bertz CT molecular complexity index is 458. The van der Waals surface area contributed by atoms with Crippen LogP contribution in [-0.4, -0.2) is 27.0 Å². The lowest BCUT2D eigenvalue weighted by Gasteiger charge is -2.21. The summed E-state index contributed by atoms with van der Waals surface area (Å²) in [6.07, 6.45) is 3.22. The van der Waals surface area contributed by atoms with Crippen molar-refractivity contribution in [3.63, 3.8) is 0 Å². The third kappa shape index (κ3) is 4.96. The number of aromatic nitrogens is 2. The molecule has 0 atom stereocenters. The minimum atomic E-state index is -0.485. The first kappa shape index (κ1) is 16.1. The van der Waals surface area contributed by atoms with Crippen molar-refractivity contribution in [2.75, 3.05) is 17.3 Å². The Balaban J connectivity index is 2.93. The summed E-state index contributed by atoms with van der Waals surface area (Å²) in [5.41, 5.74) is 5.34. The first-order valence-corrected chi connectivity index (χ1v) is 6.61. The van der Waals surface area contributed by atoms with Crippen LogP contribution in [0.25, 0.3) is 0 Å². The fourth-order valence-electron chi connectivity index (χ4n) is 1.40. The summed E-state index contributed by atoms with van der Waals surface area (Å²) in [5.74, 6) is 0.385. The predicted molar refractivity (Wildman–Crippen MR) is 78.6 cm³/mol. The molecule has 0 aliphatic heterocycles. The first-order valence-electron chi connectivity index (χ1n) is 6.61. The van der Waals surface area contributed by atoms with E-state index in [9.17, 15) is 10.1 Å². The maximum Gasteiger partial charge on any atom is 0.354 e. The van der Waals surface area contributed by atoms with E-state index in [0.29, 0.717) is 6.54 Å². The van der Waals surface area contributed by atoms with E-state index in [0.717, 1.165) is 12.8 Å². The van der Waals surface area contributed by atoms with Crippen molar-refractivity contribution in [1.29, 1.82) is 0 Å². The fraction of sp³-hybridized carbons (Fsp3) is 0.667. The molecule has 0 amide bonds. The van der Waals surface area contributed by atoms with Crippen molar-refractivity contribution >= 4 is 17.3 Å². The van der Waals surface area contributed by atoms with Crippen LogP contribution in [0.15, 0.2) is 6.33 Å². The molecule has 0 radical (unpaired) electrons. The Morgan fingerprint density at radius 2 is 1.95 bits per heavy atom. The van der Waals surface area contributed by atoms with Crippen LogP contribution in [0.4, 0.5) is 17.3 Å². The molecule has 0 saturated carbocycles. The fourth-order valence-corrected chi connectivity index (χ4v) is 1.40. The Labute approximate surface area is 118 Å². The van der Waals surface area contributed by atoms with Crippen LogP contribution in [-0.2, 0) is 0 Å². The van der Waals surface area contributed by atoms with Gasteiger partial charge in [-0.1, -0.05) is 13.3 Å². The second-order valence-corrected chi connectivity index (χ2v) is 5.46. The van der Waals surface area contributed by atoms with E-state index in [4.69, 9.17) is 0 Å². The monoisotopic (exact) mass is 282 g/mol. The van der Waals surface area contributed by atoms with Gasteiger partial charge in [-0.25, -0.2) is 15.4 Å². The van der Waals surface area contributed by atoms with Gasteiger partial charge in [0.2, 0.25) is 11.6 Å². The number of hydrazine groups is 1. The van der Waals surface area contributed by atoms with Crippen LogP contribution >= 0.6 is 0 Å². The van der Waals surface area contributed by atoms with E-state index in [1.54, 1.807) is 0 Å². The topological polar surface area (TPSA) is 105 Å². The molecule has 1 heterocycles. The van der Waals surface area contributed by atoms with Crippen LogP contribution in [0.1, 0.15) is 40.5 Å². The lowest BCUT2D eigenvalue weighted by molar-refractivity contribution is -0.383. The molecular weight excluding hydrogens is 260 g/mol. The van der Waals surface area contributed by atoms with E-state index in [1.165, 1.54) is 6.33 Å². The predicted octanol–water partition coefficient (Wildman–Crippen LogP) is 2.31. The zero-order chi connectivity index (χ0) is 15.2. The van der Waals surface area contributed by atoms with Gasteiger partial charge in [0.25, 0.3) is 0 Å². The highest BCUT2D eigenvalue weighted by Gasteiger charge is 2.23. The molecule has 20 heavy (non-hydrogen) atoms. The van der Waals surface area contributed by atoms with Gasteiger partial charge in [-0.15, -0.1) is 0 Å². The Morgan fingerprint density at radius 3 is 2.50 bits per heavy atom. The lowest BCUT2D eigenvalue weighted by atomic mass is 10.1. The van der Waals surface area contributed by atoms with Crippen LogP contribution < -0.4 is 16.2 Å². The summed E-state index contributed by atoms with van der Waals surface area (Å²) in [5, 5.41) is 14.2. The molecule has 0 spiro atoms. The van der Waals surface area contributed by atoms with E-state index >= 15 is 0 Å². The molecule has 1 aromatic heterocycles. The summed E-state index contributed by atoms with van der Waals surface area (Å²) in [6, 6.07) is 0. The maximum atomic E-state index is 11.2. The Morgan fingerprint density at radius 1 is 1.30 bits per heavy atom. The normalized spacial score (nSPS) is 11.2. The molecule has 3 N–H and O–H groups in total. The largest absolute Gasteiger partial charge is 0.364 e. The van der Waals surface area contributed by atoms with Crippen molar-refractivity contribution in [1.82, 2.24) is 15.4 Å². The highest BCUT2D eigenvalue weighted by molar-refractivity contribution is 5.68. The van der Waals surface area contributed by atoms with Gasteiger partial charge in [0.05, 0.1) is 4.92 Å². The zero-order valence-electron chi connectivity index (χ0n) is 12.4. The number of hydrogen-bond donors (Lipinski definition) is 3. The molecule has 0 aliphatic rings. The van der Waals surface area contributed by atoms with Crippen molar-refractivity contribution in [3.05, 3.63) is 16.4 Å². The number of nitrogens with one attached hydrogen (secondary N) is 3. The highest BCUT2D eigenvalue weighted by Crippen LogP contribution is 2.28. The molecular formula is C12H22N6O2. The first-order chi connectivity index (χ1) is 9.35. The van der Waals surface area contributed by atoms with Gasteiger partial charge in [0.1, 0.15) is 6.33 Å². The second kappa shape index (κ2) is 6.99. The van der Waals surface area contributed by atoms with Gasteiger partial charge in [0, 0.05) is 12.1 Å². The second-order valence-electron chi connectivity index (χ2n) is 5.46. The van der Waals surface area contributed by atoms with E-state index in [1.807, 2.05) is 20.8 Å². The summed E-state index contributed by atoms with van der Waals surface area (Å²) in [4.78, 5) is 18.6. The number of nitrogens with zero attached hydrogens (tertiary/aromatic N) is 3. The van der Waals surface area contributed by atoms with Gasteiger partial charge in [-0.05, 0) is 27.2 Å². The average Bonchev–Trinajstić information content (AvgIpc) is 2.35. The minimum absolute atomic E-state index is 0.152. The number of rotatable bonds is 7. The molecule has 8 heteroatoms. The molecule has 0 aromatic carbocycles. The van der Waals surface area contributed by atoms with Gasteiger partial charge in [-0.2, -0.15) is 0 Å². The highest BCUT2D eigenvalue weighted by atomic mass is 16.6. The molecule has 1 aromatic rings. The van der Waals surface area contributed by atoms with Gasteiger partial charge in [0.15, 0.2) is 0 Å². The molecule has 0 aliphatic carbocycles. The van der Waals surface area contributed by atoms with Gasteiger partial charge < -0.3 is 5.32 Å². The van der Waals surface area contributed by atoms with Gasteiger partial charge >= 0.3 is 5.69 Å². The molecule has 0 unspecified atom stereocenters. The zero-order valence-corrected chi connectivity index (χ0v) is 12.4. The van der Waals surface area contributed by atoms with E-state index in [2.05, 4.69) is 33.1 Å². The Kier molecular flexibility index (Phi) is 5.63. The Hall–Kier alpha value is -1.96. The summed E-state index contributed by atoms with van der Waals surface area (Å²) in [7, 11) is 0. The van der Waals surface area contributed by atoms with Gasteiger partial charge in [-0.3, -0.25) is 15.5 Å². The van der Waals surface area contributed by atoms with Crippen LogP contribution in [0.5, 0.6) is 0 Å². The average molecular weight is 282 g/mol. The summed E-state index contributed by atoms with van der Waals surface area (Å²) < 4.78 is 0. The van der Waals surface area contributed by atoms with Crippen LogP contribution in [0.3, 0.4) is 0 Å². The maximum absolute atomic E-state index is 11.2. The SMILES string of the molecule is CCCCNc1ncnc(NNC(C)(C)C)c1[N+](=O)[O-].